The number of benzene rings is 2. The first kappa shape index (κ1) is 19.8. The number of anilines is 1. The van der Waals surface area contributed by atoms with E-state index in [1.165, 1.54) is 16.8 Å². The first-order valence-electron chi connectivity index (χ1n) is 8.55. The summed E-state index contributed by atoms with van der Waals surface area (Å²) in [4.78, 5) is 8.18. The third-order valence-corrected chi connectivity index (χ3v) is 5.21. The average Bonchev–Trinajstić information content (AvgIpc) is 3.03. The number of sulfone groups is 1. The molecule has 30 heavy (non-hydrogen) atoms. The standard InChI is InChI=1S/C19H14F3N5O2S/c1-30(28,29)18-24-15(11-5-3-2-4-6-11)14-16(23)27(26-17(14)25-18)13-9-7-12(8-10-13)19(20,21)22/h2-10H,23H2,1H3. The first-order chi connectivity index (χ1) is 14.1. The Hall–Kier alpha value is -3.47. The zero-order valence-corrected chi connectivity index (χ0v) is 16.2. The maximum absolute atomic E-state index is 12.8. The van der Waals surface area contributed by atoms with Crippen molar-refractivity contribution >= 4 is 26.7 Å². The molecule has 0 radical (unpaired) electrons. The molecule has 11 heteroatoms. The van der Waals surface area contributed by atoms with Crippen LogP contribution in [0.5, 0.6) is 0 Å². The summed E-state index contributed by atoms with van der Waals surface area (Å²) < 4.78 is 63.8. The second kappa shape index (κ2) is 6.80. The number of hydrogen-bond donors (Lipinski definition) is 1. The second-order valence-electron chi connectivity index (χ2n) is 6.53. The molecule has 2 N–H and O–H groups in total. The van der Waals surface area contributed by atoms with Crippen LogP contribution in [0, 0.1) is 0 Å². The zero-order chi connectivity index (χ0) is 21.7. The number of aromatic nitrogens is 4. The molecule has 0 amide bonds. The topological polar surface area (TPSA) is 104 Å². The van der Waals surface area contributed by atoms with E-state index in [4.69, 9.17) is 5.73 Å². The van der Waals surface area contributed by atoms with E-state index >= 15 is 0 Å². The van der Waals surface area contributed by atoms with Crippen LogP contribution in [0.1, 0.15) is 5.56 Å². The molecule has 4 rings (SSSR count). The molecule has 0 unspecified atom stereocenters. The van der Waals surface area contributed by atoms with Crippen LogP contribution in [0.3, 0.4) is 0 Å². The number of halogens is 3. The summed E-state index contributed by atoms with van der Waals surface area (Å²) in [6.07, 6.45) is -3.51. The highest BCUT2D eigenvalue weighted by Gasteiger charge is 2.30. The highest BCUT2D eigenvalue weighted by Crippen LogP contribution is 2.34. The maximum Gasteiger partial charge on any atom is 0.416 e. The highest BCUT2D eigenvalue weighted by molar-refractivity contribution is 7.90. The molecule has 7 nitrogen and oxygen atoms in total. The molecule has 0 bridgehead atoms. The Morgan fingerprint density at radius 2 is 1.60 bits per heavy atom. The molecule has 0 fully saturated rings. The van der Waals surface area contributed by atoms with Crippen molar-refractivity contribution in [2.24, 2.45) is 0 Å². The summed E-state index contributed by atoms with van der Waals surface area (Å²) in [5, 5.41) is 4.10. The monoisotopic (exact) mass is 433 g/mol. The lowest BCUT2D eigenvalue weighted by atomic mass is 10.1. The van der Waals surface area contributed by atoms with Gasteiger partial charge >= 0.3 is 6.18 Å². The van der Waals surface area contributed by atoms with E-state index in [1.807, 2.05) is 0 Å². The smallest absolute Gasteiger partial charge is 0.383 e. The Balaban J connectivity index is 1.98. The quantitative estimate of drug-likeness (QED) is 0.496. The summed E-state index contributed by atoms with van der Waals surface area (Å²) in [5.41, 5.74) is 6.56. The number of rotatable bonds is 3. The minimum absolute atomic E-state index is 0.0154. The van der Waals surface area contributed by atoms with Gasteiger partial charge < -0.3 is 5.73 Å². The second-order valence-corrected chi connectivity index (χ2v) is 8.44. The molecule has 0 aliphatic carbocycles. The van der Waals surface area contributed by atoms with Gasteiger partial charge in [-0.1, -0.05) is 30.3 Å². The van der Waals surface area contributed by atoms with Crippen molar-refractivity contribution < 1.29 is 21.6 Å². The number of nitrogen functional groups attached to an aromatic ring is 1. The SMILES string of the molecule is CS(=O)(=O)c1nc(-c2ccccc2)c2c(N)n(-c3ccc(C(F)(F)F)cc3)nc2n1. The maximum atomic E-state index is 12.8. The third kappa shape index (κ3) is 3.47. The van der Waals surface area contributed by atoms with E-state index in [0.29, 0.717) is 10.9 Å². The number of alkyl halides is 3. The Morgan fingerprint density at radius 1 is 0.967 bits per heavy atom. The van der Waals surface area contributed by atoms with Gasteiger partial charge in [-0.25, -0.2) is 18.1 Å². The average molecular weight is 433 g/mol. The van der Waals surface area contributed by atoms with E-state index in [2.05, 4.69) is 15.1 Å². The fourth-order valence-electron chi connectivity index (χ4n) is 2.95. The van der Waals surface area contributed by atoms with Crippen LogP contribution in [-0.2, 0) is 16.0 Å². The third-order valence-electron chi connectivity index (χ3n) is 4.37. The van der Waals surface area contributed by atoms with Crippen LogP contribution in [0.4, 0.5) is 19.0 Å². The summed E-state index contributed by atoms with van der Waals surface area (Å²) in [6, 6.07) is 13.0. The molecule has 0 saturated heterocycles. The van der Waals surface area contributed by atoms with Crippen molar-refractivity contribution in [3.05, 3.63) is 60.2 Å². The van der Waals surface area contributed by atoms with Crippen molar-refractivity contribution in [2.75, 3.05) is 12.0 Å². The fourth-order valence-corrected chi connectivity index (χ4v) is 3.46. The van der Waals surface area contributed by atoms with Gasteiger partial charge in [0, 0.05) is 11.8 Å². The van der Waals surface area contributed by atoms with E-state index in [0.717, 1.165) is 18.4 Å². The van der Waals surface area contributed by atoms with E-state index < -0.39 is 26.7 Å². The normalized spacial score (nSPS) is 12.4. The zero-order valence-electron chi connectivity index (χ0n) is 15.4. The van der Waals surface area contributed by atoms with Gasteiger partial charge in [0.25, 0.3) is 0 Å². The predicted octanol–water partition coefficient (Wildman–Crippen LogP) is 3.49. The summed E-state index contributed by atoms with van der Waals surface area (Å²) in [7, 11) is -3.75. The van der Waals surface area contributed by atoms with Crippen LogP contribution >= 0.6 is 0 Å². The lowest BCUT2D eigenvalue weighted by molar-refractivity contribution is -0.137. The minimum Gasteiger partial charge on any atom is -0.383 e. The Bertz CT molecular complexity index is 1350. The molecule has 0 atom stereocenters. The van der Waals surface area contributed by atoms with Crippen LogP contribution < -0.4 is 5.73 Å². The number of hydrogen-bond acceptors (Lipinski definition) is 6. The van der Waals surface area contributed by atoms with Gasteiger partial charge in [0.05, 0.1) is 22.3 Å². The van der Waals surface area contributed by atoms with Crippen molar-refractivity contribution in [3.8, 4) is 16.9 Å². The number of nitrogens with two attached hydrogens (primary N) is 1. The molecular formula is C19H14F3N5O2S. The molecule has 0 aliphatic heterocycles. The van der Waals surface area contributed by atoms with Gasteiger partial charge in [-0.3, -0.25) is 0 Å². The van der Waals surface area contributed by atoms with Crippen LogP contribution in [0.2, 0.25) is 0 Å². The molecule has 0 saturated carbocycles. The summed E-state index contributed by atoms with van der Waals surface area (Å²) >= 11 is 0. The van der Waals surface area contributed by atoms with Crippen molar-refractivity contribution in [3.63, 3.8) is 0 Å². The highest BCUT2D eigenvalue weighted by atomic mass is 32.2. The van der Waals surface area contributed by atoms with Crippen molar-refractivity contribution in [2.45, 2.75) is 11.3 Å². The fraction of sp³-hybridized carbons (Fsp3) is 0.105. The van der Waals surface area contributed by atoms with Crippen LogP contribution in [0.15, 0.2) is 59.8 Å². The molecule has 0 spiro atoms. The van der Waals surface area contributed by atoms with Gasteiger partial charge in [0.2, 0.25) is 15.0 Å². The Kier molecular flexibility index (Phi) is 4.49. The van der Waals surface area contributed by atoms with E-state index in [9.17, 15) is 21.6 Å². The van der Waals surface area contributed by atoms with Crippen molar-refractivity contribution in [1.29, 1.82) is 0 Å². The summed E-state index contributed by atoms with van der Waals surface area (Å²) in [6.45, 7) is 0. The van der Waals surface area contributed by atoms with Crippen molar-refractivity contribution in [1.82, 2.24) is 19.7 Å². The van der Waals surface area contributed by atoms with Crippen LogP contribution in [0.25, 0.3) is 28.0 Å². The van der Waals surface area contributed by atoms with Gasteiger partial charge in [0.1, 0.15) is 5.82 Å². The number of fused-ring (bicyclic) bond motifs is 1. The number of nitrogens with zero attached hydrogens (tertiary/aromatic N) is 4. The van der Waals surface area contributed by atoms with Gasteiger partial charge in [-0.05, 0) is 24.3 Å². The Labute approximate surface area is 168 Å². The molecule has 154 valence electrons. The molecule has 0 aliphatic rings. The molecule has 2 aromatic carbocycles. The van der Waals surface area contributed by atoms with Gasteiger partial charge in [0.15, 0.2) is 5.65 Å². The first-order valence-corrected chi connectivity index (χ1v) is 10.4. The lowest BCUT2D eigenvalue weighted by Crippen LogP contribution is -2.06. The predicted molar refractivity (Wildman–Crippen MR) is 105 cm³/mol. The van der Waals surface area contributed by atoms with E-state index in [-0.39, 0.29) is 22.8 Å². The van der Waals surface area contributed by atoms with E-state index in [1.54, 1.807) is 30.3 Å². The minimum atomic E-state index is -4.48. The lowest BCUT2D eigenvalue weighted by Gasteiger charge is -2.08. The molecule has 2 aromatic heterocycles. The Morgan fingerprint density at radius 3 is 2.17 bits per heavy atom. The molecule has 4 aromatic rings. The largest absolute Gasteiger partial charge is 0.416 e. The van der Waals surface area contributed by atoms with Crippen LogP contribution in [-0.4, -0.2) is 34.4 Å². The van der Waals surface area contributed by atoms with Gasteiger partial charge in [-0.2, -0.15) is 18.2 Å². The molecular weight excluding hydrogens is 419 g/mol. The summed E-state index contributed by atoms with van der Waals surface area (Å²) in [5.74, 6) is 0.0728. The molecule has 2 heterocycles. The van der Waals surface area contributed by atoms with Gasteiger partial charge in [-0.15, -0.1) is 5.10 Å².